The Morgan fingerprint density at radius 3 is 2.68 bits per heavy atom. The summed E-state index contributed by atoms with van der Waals surface area (Å²) in [5.41, 5.74) is 2.56. The van der Waals surface area contributed by atoms with Crippen molar-refractivity contribution < 1.29 is 8.78 Å². The Labute approximate surface area is 203 Å². The lowest BCUT2D eigenvalue weighted by molar-refractivity contribution is 0.0234. The average molecular weight is 482 g/mol. The predicted octanol–water partition coefficient (Wildman–Crippen LogP) is 5.62. The average Bonchev–Trinajstić information content (AvgIpc) is 3.51. The van der Waals surface area contributed by atoms with Crippen molar-refractivity contribution in [2.24, 2.45) is 5.41 Å². The molecular weight excluding hydrogens is 452 g/mol. The number of alkyl halides is 2. The molecule has 1 spiro atoms. The van der Waals surface area contributed by atoms with Crippen molar-refractivity contribution >= 4 is 27.4 Å². The molecule has 34 heavy (non-hydrogen) atoms. The van der Waals surface area contributed by atoms with Crippen molar-refractivity contribution in [2.75, 3.05) is 31.1 Å². The Balaban J connectivity index is 1.29. The lowest BCUT2D eigenvalue weighted by atomic mass is 9.86. The first-order chi connectivity index (χ1) is 16.3. The van der Waals surface area contributed by atoms with E-state index in [1.165, 1.54) is 16.9 Å². The van der Waals surface area contributed by atoms with Gasteiger partial charge in [0.25, 0.3) is 0 Å². The molecule has 3 aromatic rings. The summed E-state index contributed by atoms with van der Waals surface area (Å²) in [4.78, 5) is 15.3. The van der Waals surface area contributed by atoms with Crippen LogP contribution in [-0.4, -0.2) is 47.0 Å². The summed E-state index contributed by atoms with van der Waals surface area (Å²) in [5, 5.41) is 9.79. The SMILES string of the molecule is CC(c1ccc(CC#N)cc1)N1CCC2(CCN(c3ncnc4sc(CC(C)(F)F)cc34)C2)C1. The van der Waals surface area contributed by atoms with Gasteiger partial charge in [-0.2, -0.15) is 5.26 Å². The molecule has 8 heteroatoms. The first kappa shape index (κ1) is 23.1. The zero-order chi connectivity index (χ0) is 23.9. The van der Waals surface area contributed by atoms with Gasteiger partial charge in [0.1, 0.15) is 17.0 Å². The van der Waals surface area contributed by atoms with E-state index in [0.29, 0.717) is 17.3 Å². The van der Waals surface area contributed by atoms with E-state index in [1.807, 2.05) is 6.07 Å². The van der Waals surface area contributed by atoms with Gasteiger partial charge < -0.3 is 4.90 Å². The van der Waals surface area contributed by atoms with Gasteiger partial charge in [0.05, 0.1) is 17.9 Å². The smallest absolute Gasteiger partial charge is 0.250 e. The number of nitrogens with zero attached hydrogens (tertiary/aromatic N) is 5. The Bertz CT molecular complexity index is 1210. The number of nitriles is 1. The zero-order valence-electron chi connectivity index (χ0n) is 19.6. The molecule has 0 N–H and O–H groups in total. The highest BCUT2D eigenvalue weighted by molar-refractivity contribution is 7.18. The van der Waals surface area contributed by atoms with Crippen LogP contribution < -0.4 is 4.90 Å². The first-order valence-electron chi connectivity index (χ1n) is 11.8. The lowest BCUT2D eigenvalue weighted by Crippen LogP contribution is -2.32. The standard InChI is InChI=1S/C26H29F2N5S/c1-18(20-5-3-19(4-6-20)7-10-29)32-11-8-26(15-32)9-12-33(16-26)23-22-13-21(14-25(2,27)28)34-24(22)31-17-30-23/h3-6,13,17-18H,7-9,11-12,14-16H2,1-2H3. The minimum absolute atomic E-state index is 0.224. The molecule has 0 bridgehead atoms. The Morgan fingerprint density at radius 2 is 1.94 bits per heavy atom. The normalized spacial score (nSPS) is 22.0. The molecule has 5 rings (SSSR count). The number of fused-ring (bicyclic) bond motifs is 1. The predicted molar refractivity (Wildman–Crippen MR) is 131 cm³/mol. The molecule has 2 aliphatic heterocycles. The second-order valence-electron chi connectivity index (χ2n) is 10.0. The van der Waals surface area contributed by atoms with Crippen LogP contribution in [0.1, 0.15) is 48.7 Å². The van der Waals surface area contributed by atoms with Crippen molar-refractivity contribution in [1.82, 2.24) is 14.9 Å². The molecule has 1 aromatic carbocycles. The zero-order valence-corrected chi connectivity index (χ0v) is 20.4. The van der Waals surface area contributed by atoms with Crippen LogP contribution in [0, 0.1) is 16.7 Å². The fourth-order valence-electron chi connectivity index (χ4n) is 5.50. The molecule has 2 unspecified atom stereocenters. The van der Waals surface area contributed by atoms with Crippen LogP contribution in [0.5, 0.6) is 0 Å². The number of anilines is 1. The summed E-state index contributed by atoms with van der Waals surface area (Å²) in [7, 11) is 0. The third kappa shape index (κ3) is 4.64. The third-order valence-electron chi connectivity index (χ3n) is 7.34. The van der Waals surface area contributed by atoms with Crippen molar-refractivity contribution in [2.45, 2.75) is 51.5 Å². The molecule has 5 nitrogen and oxygen atoms in total. The van der Waals surface area contributed by atoms with Crippen LogP contribution in [-0.2, 0) is 12.8 Å². The van der Waals surface area contributed by atoms with E-state index in [1.54, 1.807) is 6.33 Å². The van der Waals surface area contributed by atoms with Gasteiger partial charge in [-0.25, -0.2) is 18.7 Å². The fourth-order valence-corrected chi connectivity index (χ4v) is 6.61. The molecule has 178 valence electrons. The molecule has 0 aliphatic carbocycles. The molecule has 0 amide bonds. The minimum Gasteiger partial charge on any atom is -0.355 e. The molecule has 0 saturated carbocycles. The van der Waals surface area contributed by atoms with Crippen LogP contribution in [0.3, 0.4) is 0 Å². The number of hydrogen-bond acceptors (Lipinski definition) is 6. The van der Waals surface area contributed by atoms with E-state index in [2.05, 4.69) is 57.0 Å². The van der Waals surface area contributed by atoms with Crippen LogP contribution in [0.4, 0.5) is 14.6 Å². The Morgan fingerprint density at radius 1 is 1.18 bits per heavy atom. The maximum Gasteiger partial charge on any atom is 0.250 e. The number of hydrogen-bond donors (Lipinski definition) is 0. The van der Waals surface area contributed by atoms with Gasteiger partial charge >= 0.3 is 0 Å². The number of rotatable bonds is 6. The van der Waals surface area contributed by atoms with Crippen LogP contribution in [0.2, 0.25) is 0 Å². The topological polar surface area (TPSA) is 56.1 Å². The second kappa shape index (κ2) is 8.86. The summed E-state index contributed by atoms with van der Waals surface area (Å²) in [6.45, 7) is 7.17. The maximum atomic E-state index is 13.6. The molecular formula is C26H29F2N5S. The third-order valence-corrected chi connectivity index (χ3v) is 8.39. The van der Waals surface area contributed by atoms with Crippen molar-refractivity contribution in [3.63, 3.8) is 0 Å². The molecule has 2 aromatic heterocycles. The van der Waals surface area contributed by atoms with E-state index in [-0.39, 0.29) is 11.8 Å². The highest BCUT2D eigenvalue weighted by Crippen LogP contribution is 2.44. The molecule has 2 fully saturated rings. The molecule has 4 heterocycles. The molecule has 2 aliphatic rings. The number of likely N-dealkylation sites (tertiary alicyclic amines) is 1. The van der Waals surface area contributed by atoms with E-state index in [9.17, 15) is 8.78 Å². The Kier molecular flexibility index (Phi) is 6.03. The van der Waals surface area contributed by atoms with Gasteiger partial charge in [-0.1, -0.05) is 24.3 Å². The quantitative estimate of drug-likeness (QED) is 0.458. The summed E-state index contributed by atoms with van der Waals surface area (Å²) in [6.07, 6.45) is 3.99. The van der Waals surface area contributed by atoms with E-state index < -0.39 is 5.92 Å². The van der Waals surface area contributed by atoms with Crippen LogP contribution in [0.25, 0.3) is 10.2 Å². The number of thiophene rings is 1. The fraction of sp³-hybridized carbons (Fsp3) is 0.500. The Hall–Kier alpha value is -2.63. The van der Waals surface area contributed by atoms with Crippen LogP contribution in [0.15, 0.2) is 36.7 Å². The first-order valence-corrected chi connectivity index (χ1v) is 12.6. The number of aromatic nitrogens is 2. The minimum atomic E-state index is -2.73. The van der Waals surface area contributed by atoms with Gasteiger partial charge in [0.15, 0.2) is 0 Å². The highest BCUT2D eigenvalue weighted by Gasteiger charge is 2.45. The maximum absolute atomic E-state index is 13.6. The van der Waals surface area contributed by atoms with Crippen molar-refractivity contribution in [3.8, 4) is 6.07 Å². The summed E-state index contributed by atoms with van der Waals surface area (Å²) >= 11 is 1.34. The molecule has 2 atom stereocenters. The summed E-state index contributed by atoms with van der Waals surface area (Å²) < 4.78 is 27.1. The summed E-state index contributed by atoms with van der Waals surface area (Å²) in [6, 6.07) is 12.8. The van der Waals surface area contributed by atoms with Gasteiger partial charge in [0.2, 0.25) is 5.92 Å². The van der Waals surface area contributed by atoms with Crippen molar-refractivity contribution in [3.05, 3.63) is 52.7 Å². The van der Waals surface area contributed by atoms with Crippen molar-refractivity contribution in [1.29, 1.82) is 5.26 Å². The monoisotopic (exact) mass is 481 g/mol. The number of benzene rings is 1. The van der Waals surface area contributed by atoms with Gasteiger partial charge in [0, 0.05) is 42.4 Å². The lowest BCUT2D eigenvalue weighted by Gasteiger charge is -2.28. The van der Waals surface area contributed by atoms with Gasteiger partial charge in [-0.3, -0.25) is 4.90 Å². The van der Waals surface area contributed by atoms with Crippen LogP contribution >= 0.6 is 11.3 Å². The highest BCUT2D eigenvalue weighted by atomic mass is 32.1. The van der Waals surface area contributed by atoms with Gasteiger partial charge in [-0.15, -0.1) is 11.3 Å². The van der Waals surface area contributed by atoms with Gasteiger partial charge in [-0.05, 0) is 50.4 Å². The van der Waals surface area contributed by atoms with E-state index >= 15 is 0 Å². The molecule has 2 saturated heterocycles. The molecule has 0 radical (unpaired) electrons. The second-order valence-corrected chi connectivity index (χ2v) is 11.1. The largest absolute Gasteiger partial charge is 0.355 e. The van der Waals surface area contributed by atoms with E-state index in [0.717, 1.165) is 67.5 Å². The summed E-state index contributed by atoms with van der Waals surface area (Å²) in [5.74, 6) is -1.85. The van der Waals surface area contributed by atoms with E-state index in [4.69, 9.17) is 5.26 Å². The number of halogens is 2.